The van der Waals surface area contributed by atoms with Gasteiger partial charge in [0.2, 0.25) is 5.91 Å². The van der Waals surface area contributed by atoms with Crippen LogP contribution in [0.1, 0.15) is 52.9 Å². The Bertz CT molecular complexity index is 232. The smallest absolute Gasteiger partial charge is 0.226 e. The van der Waals surface area contributed by atoms with Crippen molar-refractivity contribution in [3.8, 4) is 0 Å². The van der Waals surface area contributed by atoms with Crippen LogP contribution in [0.3, 0.4) is 0 Å². The predicted molar refractivity (Wildman–Crippen MR) is 71.8 cm³/mol. The molecule has 1 rings (SSSR count). The molecule has 0 aromatic rings. The van der Waals surface area contributed by atoms with Gasteiger partial charge in [0.15, 0.2) is 0 Å². The summed E-state index contributed by atoms with van der Waals surface area (Å²) in [5.74, 6) is 0.884. The summed E-state index contributed by atoms with van der Waals surface area (Å²) in [6, 6.07) is 0. The number of hydrogen-bond donors (Lipinski definition) is 1. The van der Waals surface area contributed by atoms with E-state index in [2.05, 4.69) is 42.0 Å². The van der Waals surface area contributed by atoms with Crippen LogP contribution >= 0.6 is 15.9 Å². The van der Waals surface area contributed by atoms with Gasteiger partial charge in [0.05, 0.1) is 0 Å². The van der Waals surface area contributed by atoms with E-state index in [0.717, 1.165) is 25.8 Å². The maximum absolute atomic E-state index is 12.3. The van der Waals surface area contributed by atoms with Gasteiger partial charge in [0.1, 0.15) is 0 Å². The number of hydrogen-bond acceptors (Lipinski definition) is 1. The number of rotatable bonds is 5. The molecule has 1 amide bonds. The lowest BCUT2D eigenvalue weighted by Crippen LogP contribution is -2.41. The molecule has 1 aliphatic carbocycles. The van der Waals surface area contributed by atoms with Crippen LogP contribution in [0.2, 0.25) is 0 Å². The molecule has 0 aromatic heterocycles. The number of carbonyl (C=O) groups is 1. The number of alkyl halides is 1. The predicted octanol–water partition coefficient (Wildman–Crippen LogP) is 3.49. The molecule has 0 bridgehead atoms. The van der Waals surface area contributed by atoms with Crippen molar-refractivity contribution in [2.24, 2.45) is 11.3 Å². The van der Waals surface area contributed by atoms with Crippen LogP contribution in [-0.2, 0) is 4.79 Å². The highest BCUT2D eigenvalue weighted by Crippen LogP contribution is 2.43. The summed E-state index contributed by atoms with van der Waals surface area (Å²) < 4.78 is 0. The molecule has 1 aliphatic rings. The van der Waals surface area contributed by atoms with Crippen LogP contribution in [0.25, 0.3) is 0 Å². The van der Waals surface area contributed by atoms with E-state index >= 15 is 0 Å². The van der Waals surface area contributed by atoms with Crippen LogP contribution in [0.4, 0.5) is 0 Å². The van der Waals surface area contributed by atoms with Gasteiger partial charge in [0.25, 0.3) is 0 Å². The maximum Gasteiger partial charge on any atom is 0.226 e. The van der Waals surface area contributed by atoms with Crippen molar-refractivity contribution in [1.29, 1.82) is 0 Å². The zero-order chi connectivity index (χ0) is 12.2. The molecular weight excluding hydrogens is 266 g/mol. The molecule has 2 nitrogen and oxygen atoms in total. The molecule has 3 heteroatoms. The highest BCUT2D eigenvalue weighted by atomic mass is 79.9. The lowest BCUT2D eigenvalue weighted by Gasteiger charge is -2.29. The first kappa shape index (κ1) is 14.0. The molecule has 0 heterocycles. The molecule has 0 aliphatic heterocycles. The van der Waals surface area contributed by atoms with Crippen molar-refractivity contribution in [3.63, 3.8) is 0 Å². The van der Waals surface area contributed by atoms with E-state index in [1.165, 1.54) is 12.8 Å². The zero-order valence-electron chi connectivity index (χ0n) is 10.7. The fourth-order valence-electron chi connectivity index (χ4n) is 2.78. The lowest BCUT2D eigenvalue weighted by molar-refractivity contribution is -0.131. The fourth-order valence-corrected chi connectivity index (χ4v) is 2.94. The molecule has 94 valence electrons. The highest BCUT2D eigenvalue weighted by Gasteiger charge is 2.41. The van der Waals surface area contributed by atoms with Crippen molar-refractivity contribution < 1.29 is 4.79 Å². The first-order chi connectivity index (χ1) is 7.46. The first-order valence-corrected chi connectivity index (χ1v) is 7.30. The third kappa shape index (κ3) is 3.76. The summed E-state index contributed by atoms with van der Waals surface area (Å²) in [5.41, 5.74) is -0.0595. The Morgan fingerprint density at radius 3 is 2.31 bits per heavy atom. The van der Waals surface area contributed by atoms with E-state index in [9.17, 15) is 4.79 Å². The molecule has 1 atom stereocenters. The van der Waals surface area contributed by atoms with Gasteiger partial charge in [-0.1, -0.05) is 49.5 Å². The molecule has 0 radical (unpaired) electrons. The Kier molecular flexibility index (Phi) is 5.29. The summed E-state index contributed by atoms with van der Waals surface area (Å²) in [6.45, 7) is 7.21. The normalized spacial score (nSPS) is 21.1. The number of nitrogens with one attached hydrogen (secondary N) is 1. The average Bonchev–Trinajstić information content (AvgIpc) is 2.62. The van der Waals surface area contributed by atoms with E-state index in [1.54, 1.807) is 0 Å². The Balaban J connectivity index is 2.58. The Labute approximate surface area is 108 Å². The second kappa shape index (κ2) is 6.04. The molecule has 1 saturated carbocycles. The summed E-state index contributed by atoms with van der Waals surface area (Å²) in [5, 5.41) is 3.08. The van der Waals surface area contributed by atoms with Gasteiger partial charge >= 0.3 is 0 Å². The van der Waals surface area contributed by atoms with E-state index in [1.807, 2.05) is 0 Å². The monoisotopic (exact) mass is 289 g/mol. The van der Waals surface area contributed by atoms with Gasteiger partial charge in [-0.25, -0.2) is 0 Å². The quantitative estimate of drug-likeness (QED) is 0.772. The molecule has 1 N–H and O–H groups in total. The molecule has 1 unspecified atom stereocenters. The number of amides is 1. The van der Waals surface area contributed by atoms with Crippen molar-refractivity contribution in [3.05, 3.63) is 0 Å². The molecule has 16 heavy (non-hydrogen) atoms. The standard InChI is InChI=1S/C13H24BrNO/c1-10(2)8-13(6-4-5-7-13)12(16)15-9-11(3)14/h10-11H,4-9H2,1-3H3,(H,15,16). The van der Waals surface area contributed by atoms with Crippen LogP contribution in [0, 0.1) is 11.3 Å². The molecule has 1 fully saturated rings. The van der Waals surface area contributed by atoms with E-state index in [0.29, 0.717) is 10.7 Å². The SMILES string of the molecule is CC(C)CC1(C(=O)NCC(C)Br)CCCC1. The van der Waals surface area contributed by atoms with Gasteiger partial charge in [-0.15, -0.1) is 0 Å². The van der Waals surface area contributed by atoms with E-state index < -0.39 is 0 Å². The minimum Gasteiger partial charge on any atom is -0.355 e. The van der Waals surface area contributed by atoms with Crippen LogP contribution in [0.5, 0.6) is 0 Å². The van der Waals surface area contributed by atoms with Gasteiger partial charge in [-0.05, 0) is 25.2 Å². The van der Waals surface area contributed by atoms with Crippen LogP contribution < -0.4 is 5.32 Å². The topological polar surface area (TPSA) is 29.1 Å². The largest absolute Gasteiger partial charge is 0.355 e. The lowest BCUT2D eigenvalue weighted by atomic mass is 9.77. The third-order valence-corrected chi connectivity index (χ3v) is 3.71. The van der Waals surface area contributed by atoms with Crippen molar-refractivity contribution in [1.82, 2.24) is 5.32 Å². The Morgan fingerprint density at radius 2 is 1.88 bits per heavy atom. The Hall–Kier alpha value is -0.0500. The van der Waals surface area contributed by atoms with Gasteiger partial charge in [-0.2, -0.15) is 0 Å². The van der Waals surface area contributed by atoms with Crippen molar-refractivity contribution in [2.75, 3.05) is 6.54 Å². The molecular formula is C13H24BrNO. The van der Waals surface area contributed by atoms with Gasteiger partial charge in [-0.3, -0.25) is 4.79 Å². The summed E-state index contributed by atoms with van der Waals surface area (Å²) in [4.78, 5) is 12.6. The second-order valence-electron chi connectivity index (χ2n) is 5.58. The van der Waals surface area contributed by atoms with Crippen LogP contribution in [0.15, 0.2) is 0 Å². The zero-order valence-corrected chi connectivity index (χ0v) is 12.3. The number of halogens is 1. The van der Waals surface area contributed by atoms with Crippen molar-refractivity contribution in [2.45, 2.75) is 57.7 Å². The molecule has 0 saturated heterocycles. The molecule has 0 aromatic carbocycles. The van der Waals surface area contributed by atoms with Gasteiger partial charge in [0, 0.05) is 16.8 Å². The summed E-state index contributed by atoms with van der Waals surface area (Å²) in [7, 11) is 0. The van der Waals surface area contributed by atoms with E-state index in [-0.39, 0.29) is 11.3 Å². The summed E-state index contributed by atoms with van der Waals surface area (Å²) >= 11 is 3.47. The average molecular weight is 290 g/mol. The van der Waals surface area contributed by atoms with E-state index in [4.69, 9.17) is 0 Å². The first-order valence-electron chi connectivity index (χ1n) is 6.39. The highest BCUT2D eigenvalue weighted by molar-refractivity contribution is 9.09. The second-order valence-corrected chi connectivity index (χ2v) is 7.14. The van der Waals surface area contributed by atoms with Crippen LogP contribution in [-0.4, -0.2) is 17.3 Å². The minimum absolute atomic E-state index is 0.0595. The third-order valence-electron chi connectivity index (χ3n) is 3.39. The maximum atomic E-state index is 12.3. The molecule has 0 spiro atoms. The van der Waals surface area contributed by atoms with Crippen molar-refractivity contribution >= 4 is 21.8 Å². The minimum atomic E-state index is -0.0595. The fraction of sp³-hybridized carbons (Fsp3) is 0.923. The Morgan fingerprint density at radius 1 is 1.31 bits per heavy atom. The summed E-state index contributed by atoms with van der Waals surface area (Å²) in [6.07, 6.45) is 5.62. The van der Waals surface area contributed by atoms with Gasteiger partial charge < -0.3 is 5.32 Å². The number of carbonyl (C=O) groups excluding carboxylic acids is 1.